The van der Waals surface area contributed by atoms with Crippen molar-refractivity contribution in [1.82, 2.24) is 0 Å². The molecule has 0 aromatic heterocycles. The van der Waals surface area contributed by atoms with E-state index in [1.807, 2.05) is 0 Å². The minimum absolute atomic E-state index is 0.132. The van der Waals surface area contributed by atoms with Gasteiger partial charge in [-0.05, 0) is 19.9 Å². The van der Waals surface area contributed by atoms with Crippen molar-refractivity contribution < 1.29 is 19.0 Å². The van der Waals surface area contributed by atoms with Crippen molar-refractivity contribution in [2.45, 2.75) is 26.4 Å². The van der Waals surface area contributed by atoms with E-state index < -0.39 is 17.9 Å². The molecule has 0 amide bonds. The molecule has 4 heteroatoms. The molecule has 1 aromatic rings. The van der Waals surface area contributed by atoms with Gasteiger partial charge in [-0.1, -0.05) is 17.7 Å². The van der Waals surface area contributed by atoms with Crippen molar-refractivity contribution in [2.24, 2.45) is 0 Å². The maximum atomic E-state index is 13.3. The van der Waals surface area contributed by atoms with Gasteiger partial charge < -0.3 is 9.84 Å². The lowest BCUT2D eigenvalue weighted by atomic mass is 10.0. The van der Waals surface area contributed by atoms with Crippen molar-refractivity contribution in [3.8, 4) is 0 Å². The lowest BCUT2D eigenvalue weighted by Crippen LogP contribution is -2.11. The van der Waals surface area contributed by atoms with E-state index in [1.54, 1.807) is 19.9 Å². The number of rotatable bonds is 4. The van der Waals surface area contributed by atoms with E-state index >= 15 is 0 Å². The lowest BCUT2D eigenvalue weighted by Gasteiger charge is -2.11. The van der Waals surface area contributed by atoms with Gasteiger partial charge in [0.2, 0.25) is 0 Å². The monoisotopic (exact) mass is 226 g/mol. The fourth-order valence-electron chi connectivity index (χ4n) is 1.41. The molecule has 0 aliphatic carbocycles. The summed E-state index contributed by atoms with van der Waals surface area (Å²) in [7, 11) is 0. The summed E-state index contributed by atoms with van der Waals surface area (Å²) >= 11 is 0. The van der Waals surface area contributed by atoms with Crippen LogP contribution in [0.4, 0.5) is 4.39 Å². The SMILES string of the molecule is CCOC(=O)CC(O)c1cc(C)ccc1F. The summed E-state index contributed by atoms with van der Waals surface area (Å²) in [5.41, 5.74) is 0.965. The Balaban J connectivity index is 2.76. The quantitative estimate of drug-likeness (QED) is 0.800. The number of aryl methyl sites for hydroxylation is 1. The molecule has 1 atom stereocenters. The normalized spacial score (nSPS) is 12.2. The van der Waals surface area contributed by atoms with Gasteiger partial charge in [0.25, 0.3) is 0 Å². The Kier molecular flexibility index (Phi) is 4.43. The molecule has 16 heavy (non-hydrogen) atoms. The molecule has 0 saturated carbocycles. The molecule has 0 fully saturated rings. The third-order valence-corrected chi connectivity index (χ3v) is 2.18. The maximum Gasteiger partial charge on any atom is 0.308 e. The molecule has 0 radical (unpaired) electrons. The van der Waals surface area contributed by atoms with Crippen molar-refractivity contribution in [3.63, 3.8) is 0 Å². The van der Waals surface area contributed by atoms with E-state index in [0.717, 1.165) is 5.56 Å². The van der Waals surface area contributed by atoms with Gasteiger partial charge in [-0.2, -0.15) is 0 Å². The molecule has 0 heterocycles. The maximum absolute atomic E-state index is 13.3. The number of halogens is 1. The van der Waals surface area contributed by atoms with E-state index in [9.17, 15) is 14.3 Å². The first-order chi connectivity index (χ1) is 7.54. The number of carbonyl (C=O) groups excluding carboxylic acids is 1. The summed E-state index contributed by atoms with van der Waals surface area (Å²) in [4.78, 5) is 11.1. The van der Waals surface area contributed by atoms with Crippen LogP contribution in [0, 0.1) is 12.7 Å². The van der Waals surface area contributed by atoms with Gasteiger partial charge in [0.1, 0.15) is 5.82 Å². The third-order valence-electron chi connectivity index (χ3n) is 2.18. The number of aliphatic hydroxyl groups is 1. The highest BCUT2D eigenvalue weighted by Crippen LogP contribution is 2.21. The standard InChI is InChI=1S/C12H15FO3/c1-3-16-12(15)7-11(14)9-6-8(2)4-5-10(9)13/h4-6,11,14H,3,7H2,1-2H3. The molecule has 0 aliphatic heterocycles. The average molecular weight is 226 g/mol. The van der Waals surface area contributed by atoms with Crippen LogP contribution in [0.15, 0.2) is 18.2 Å². The highest BCUT2D eigenvalue weighted by Gasteiger charge is 2.17. The Morgan fingerprint density at radius 1 is 1.56 bits per heavy atom. The molecule has 1 rings (SSSR count). The van der Waals surface area contributed by atoms with Gasteiger partial charge in [0.05, 0.1) is 19.1 Å². The minimum Gasteiger partial charge on any atom is -0.466 e. The molecular formula is C12H15FO3. The van der Waals surface area contributed by atoms with E-state index in [1.165, 1.54) is 12.1 Å². The zero-order valence-corrected chi connectivity index (χ0v) is 9.37. The van der Waals surface area contributed by atoms with Gasteiger partial charge in [0, 0.05) is 5.56 Å². The molecule has 3 nitrogen and oxygen atoms in total. The van der Waals surface area contributed by atoms with Gasteiger partial charge >= 0.3 is 5.97 Å². The largest absolute Gasteiger partial charge is 0.466 e. The van der Waals surface area contributed by atoms with E-state index in [0.29, 0.717) is 0 Å². The molecule has 0 saturated heterocycles. The van der Waals surface area contributed by atoms with Crippen molar-refractivity contribution in [3.05, 3.63) is 35.1 Å². The Morgan fingerprint density at radius 2 is 2.25 bits per heavy atom. The molecule has 0 aliphatic rings. The Labute approximate surface area is 93.9 Å². The zero-order valence-electron chi connectivity index (χ0n) is 9.37. The predicted octanol–water partition coefficient (Wildman–Crippen LogP) is 2.12. The van der Waals surface area contributed by atoms with Crippen LogP contribution in [0.2, 0.25) is 0 Å². The number of hydrogen-bond acceptors (Lipinski definition) is 3. The molecule has 0 bridgehead atoms. The summed E-state index contributed by atoms with van der Waals surface area (Å²) in [6, 6.07) is 4.41. The zero-order chi connectivity index (χ0) is 12.1. The van der Waals surface area contributed by atoms with Crippen LogP contribution in [0.5, 0.6) is 0 Å². The number of ether oxygens (including phenoxy) is 1. The molecule has 0 spiro atoms. The first-order valence-electron chi connectivity index (χ1n) is 5.14. The highest BCUT2D eigenvalue weighted by molar-refractivity contribution is 5.70. The molecule has 88 valence electrons. The topological polar surface area (TPSA) is 46.5 Å². The second-order valence-electron chi connectivity index (χ2n) is 3.55. The number of esters is 1. The smallest absolute Gasteiger partial charge is 0.308 e. The van der Waals surface area contributed by atoms with E-state index in [-0.39, 0.29) is 18.6 Å². The fourth-order valence-corrected chi connectivity index (χ4v) is 1.41. The minimum atomic E-state index is -1.15. The van der Waals surface area contributed by atoms with Gasteiger partial charge in [-0.3, -0.25) is 4.79 Å². The van der Waals surface area contributed by atoms with Crippen LogP contribution in [-0.4, -0.2) is 17.7 Å². The van der Waals surface area contributed by atoms with Crippen molar-refractivity contribution >= 4 is 5.97 Å². The Morgan fingerprint density at radius 3 is 2.88 bits per heavy atom. The van der Waals surface area contributed by atoms with Crippen LogP contribution in [-0.2, 0) is 9.53 Å². The second-order valence-corrected chi connectivity index (χ2v) is 3.55. The number of carbonyl (C=O) groups is 1. The van der Waals surface area contributed by atoms with Crippen LogP contribution >= 0.6 is 0 Å². The highest BCUT2D eigenvalue weighted by atomic mass is 19.1. The number of hydrogen-bond donors (Lipinski definition) is 1. The second kappa shape index (κ2) is 5.61. The lowest BCUT2D eigenvalue weighted by molar-refractivity contribution is -0.145. The van der Waals surface area contributed by atoms with Gasteiger partial charge in [-0.15, -0.1) is 0 Å². The Bertz CT molecular complexity index is 377. The molecular weight excluding hydrogens is 211 g/mol. The summed E-state index contributed by atoms with van der Waals surface area (Å²) in [6.07, 6.45) is -1.38. The summed E-state index contributed by atoms with van der Waals surface area (Å²) in [5.74, 6) is -1.04. The van der Waals surface area contributed by atoms with Crippen molar-refractivity contribution in [2.75, 3.05) is 6.61 Å². The summed E-state index contributed by atoms with van der Waals surface area (Å²) in [6.45, 7) is 3.72. The van der Waals surface area contributed by atoms with E-state index in [2.05, 4.69) is 4.74 Å². The first kappa shape index (κ1) is 12.6. The van der Waals surface area contributed by atoms with E-state index in [4.69, 9.17) is 0 Å². The average Bonchev–Trinajstić information content (AvgIpc) is 2.21. The first-order valence-corrected chi connectivity index (χ1v) is 5.14. The van der Waals surface area contributed by atoms with Crippen molar-refractivity contribution in [1.29, 1.82) is 0 Å². The van der Waals surface area contributed by atoms with Gasteiger partial charge in [0.15, 0.2) is 0 Å². The van der Waals surface area contributed by atoms with Gasteiger partial charge in [-0.25, -0.2) is 4.39 Å². The number of benzene rings is 1. The number of aliphatic hydroxyl groups excluding tert-OH is 1. The van der Waals surface area contributed by atoms with Crippen LogP contribution < -0.4 is 0 Å². The summed E-state index contributed by atoms with van der Waals surface area (Å²) < 4.78 is 18.0. The predicted molar refractivity (Wildman–Crippen MR) is 57.3 cm³/mol. The summed E-state index contributed by atoms with van der Waals surface area (Å²) in [5, 5.41) is 9.68. The van der Waals surface area contributed by atoms with Crippen LogP contribution in [0.3, 0.4) is 0 Å². The molecule has 1 aromatic carbocycles. The fraction of sp³-hybridized carbons (Fsp3) is 0.417. The molecule has 1 N–H and O–H groups in total. The molecule has 1 unspecified atom stereocenters. The Hall–Kier alpha value is -1.42. The van der Waals surface area contributed by atoms with Crippen LogP contribution in [0.1, 0.15) is 30.6 Å². The third kappa shape index (κ3) is 3.31. The van der Waals surface area contributed by atoms with Crippen LogP contribution in [0.25, 0.3) is 0 Å².